The first-order valence-corrected chi connectivity index (χ1v) is 5.77. The van der Waals surface area contributed by atoms with Gasteiger partial charge in [-0.2, -0.15) is 4.31 Å². The Kier molecular flexibility index (Phi) is 1.75. The van der Waals surface area contributed by atoms with Gasteiger partial charge in [-0.25, -0.2) is 8.42 Å². The van der Waals surface area contributed by atoms with E-state index in [0.29, 0.717) is 10.6 Å². The molecule has 1 aliphatic heterocycles. The van der Waals surface area contributed by atoms with Crippen LogP contribution in [0, 0.1) is 0 Å². The van der Waals surface area contributed by atoms with E-state index in [0.717, 1.165) is 0 Å². The van der Waals surface area contributed by atoms with Gasteiger partial charge in [0, 0.05) is 13.2 Å². The minimum absolute atomic E-state index is 0.326. The Morgan fingerprint density at radius 3 is 2.64 bits per heavy atom. The van der Waals surface area contributed by atoms with Crippen LogP contribution in [0.25, 0.3) is 0 Å². The van der Waals surface area contributed by atoms with E-state index in [-0.39, 0.29) is 0 Å². The molecule has 0 atom stereocenters. The Bertz CT molecular complexity index is 479. The molecule has 2 rings (SSSR count). The molecule has 1 aromatic heterocycles. The second kappa shape index (κ2) is 2.55. The molecular formula is C9H12N2O2S. The summed E-state index contributed by atoms with van der Waals surface area (Å²) in [6, 6.07) is 3.24. The summed E-state index contributed by atoms with van der Waals surface area (Å²) in [7, 11) is -1.74. The quantitative estimate of drug-likeness (QED) is 0.643. The van der Waals surface area contributed by atoms with Crippen LogP contribution in [-0.2, 0) is 15.6 Å². The number of sulfonamides is 1. The molecule has 4 nitrogen and oxygen atoms in total. The van der Waals surface area contributed by atoms with Gasteiger partial charge in [-0.05, 0) is 26.0 Å². The lowest BCUT2D eigenvalue weighted by atomic mass is 10.0. The maximum Gasteiger partial charge on any atom is 0.245 e. The summed E-state index contributed by atoms with van der Waals surface area (Å²) in [6.45, 7) is 3.70. The molecular weight excluding hydrogens is 200 g/mol. The fourth-order valence-corrected chi connectivity index (χ4v) is 3.44. The molecule has 0 aliphatic carbocycles. The third-order valence-corrected chi connectivity index (χ3v) is 4.84. The summed E-state index contributed by atoms with van der Waals surface area (Å²) < 4.78 is 25.1. The normalized spacial score (nSPS) is 23.4. The van der Waals surface area contributed by atoms with Gasteiger partial charge in [-0.15, -0.1) is 0 Å². The van der Waals surface area contributed by atoms with Gasteiger partial charge in [-0.3, -0.25) is 4.98 Å². The monoisotopic (exact) mass is 212 g/mol. The average molecular weight is 212 g/mol. The third kappa shape index (κ3) is 0.965. The fourth-order valence-electron chi connectivity index (χ4n) is 1.66. The molecule has 76 valence electrons. The summed E-state index contributed by atoms with van der Waals surface area (Å²) in [4.78, 5) is 4.46. The van der Waals surface area contributed by atoms with E-state index in [1.54, 1.807) is 25.4 Å². The second-order valence-corrected chi connectivity index (χ2v) is 5.82. The summed E-state index contributed by atoms with van der Waals surface area (Å²) in [5.74, 6) is 0. The summed E-state index contributed by atoms with van der Waals surface area (Å²) in [5.41, 5.74) is 0.0811. The van der Waals surface area contributed by atoms with Crippen LogP contribution in [0.2, 0.25) is 0 Å². The number of fused-ring (bicyclic) bond motifs is 1. The van der Waals surface area contributed by atoms with Crippen molar-refractivity contribution in [1.29, 1.82) is 0 Å². The second-order valence-electron chi connectivity index (χ2n) is 3.88. The van der Waals surface area contributed by atoms with E-state index < -0.39 is 15.6 Å². The number of aromatic nitrogens is 1. The summed E-state index contributed by atoms with van der Waals surface area (Å²) in [5, 5.41) is 0. The summed E-state index contributed by atoms with van der Waals surface area (Å²) in [6.07, 6.45) is 1.62. The van der Waals surface area contributed by atoms with Crippen molar-refractivity contribution in [2.75, 3.05) is 7.05 Å². The van der Waals surface area contributed by atoms with Crippen molar-refractivity contribution >= 4 is 10.0 Å². The van der Waals surface area contributed by atoms with Crippen molar-refractivity contribution in [1.82, 2.24) is 9.29 Å². The lowest BCUT2D eigenvalue weighted by Gasteiger charge is -2.25. The highest BCUT2D eigenvalue weighted by Crippen LogP contribution is 2.40. The number of hydrogen-bond donors (Lipinski definition) is 0. The molecule has 0 radical (unpaired) electrons. The zero-order valence-electron chi connectivity index (χ0n) is 8.35. The molecule has 0 saturated carbocycles. The molecule has 0 unspecified atom stereocenters. The van der Waals surface area contributed by atoms with Gasteiger partial charge in [0.15, 0.2) is 0 Å². The molecule has 0 bridgehead atoms. The lowest BCUT2D eigenvalue weighted by Crippen LogP contribution is -2.35. The molecule has 1 aromatic rings. The molecule has 0 N–H and O–H groups in total. The predicted octanol–water partition coefficient (Wildman–Crippen LogP) is 0.951. The van der Waals surface area contributed by atoms with Crippen molar-refractivity contribution in [3.63, 3.8) is 0 Å². The molecule has 0 spiro atoms. The minimum atomic E-state index is -3.32. The minimum Gasteiger partial charge on any atom is -0.258 e. The van der Waals surface area contributed by atoms with Gasteiger partial charge in [0.1, 0.15) is 4.90 Å². The Hall–Kier alpha value is -0.940. The highest BCUT2D eigenvalue weighted by atomic mass is 32.2. The van der Waals surface area contributed by atoms with Gasteiger partial charge >= 0.3 is 0 Å². The number of nitrogens with zero attached hydrogens (tertiary/aromatic N) is 2. The Morgan fingerprint density at radius 2 is 2.07 bits per heavy atom. The largest absolute Gasteiger partial charge is 0.258 e. The third-order valence-electron chi connectivity index (χ3n) is 2.78. The fraction of sp³-hybridized carbons (Fsp3) is 0.444. The molecule has 0 aromatic carbocycles. The van der Waals surface area contributed by atoms with Crippen molar-refractivity contribution in [3.05, 3.63) is 24.0 Å². The lowest BCUT2D eigenvalue weighted by molar-refractivity contribution is 0.280. The Labute approximate surface area is 83.6 Å². The van der Waals surface area contributed by atoms with Gasteiger partial charge in [0.2, 0.25) is 10.0 Å². The topological polar surface area (TPSA) is 50.3 Å². The SMILES string of the molecule is CN1C(C)(C)c2ncccc2S1(=O)=O. The van der Waals surface area contributed by atoms with Crippen molar-refractivity contribution in [3.8, 4) is 0 Å². The van der Waals surface area contributed by atoms with Crippen LogP contribution >= 0.6 is 0 Å². The molecule has 2 heterocycles. The molecule has 0 amide bonds. The van der Waals surface area contributed by atoms with Crippen LogP contribution in [0.3, 0.4) is 0 Å². The molecule has 0 fully saturated rings. The maximum absolute atomic E-state index is 11.9. The number of hydrogen-bond acceptors (Lipinski definition) is 3. The van der Waals surface area contributed by atoms with E-state index in [1.165, 1.54) is 4.31 Å². The molecule has 1 aliphatic rings. The van der Waals surface area contributed by atoms with E-state index in [9.17, 15) is 8.42 Å². The molecule has 5 heteroatoms. The first kappa shape index (κ1) is 9.61. The highest BCUT2D eigenvalue weighted by molar-refractivity contribution is 7.89. The Balaban J connectivity index is 2.83. The number of pyridine rings is 1. The highest BCUT2D eigenvalue weighted by Gasteiger charge is 2.46. The van der Waals surface area contributed by atoms with Gasteiger partial charge in [0.25, 0.3) is 0 Å². The van der Waals surface area contributed by atoms with Gasteiger partial charge < -0.3 is 0 Å². The van der Waals surface area contributed by atoms with Crippen LogP contribution in [0.5, 0.6) is 0 Å². The first-order valence-electron chi connectivity index (χ1n) is 4.33. The Morgan fingerprint density at radius 1 is 1.43 bits per heavy atom. The zero-order valence-corrected chi connectivity index (χ0v) is 9.17. The van der Waals surface area contributed by atoms with Crippen molar-refractivity contribution in [2.24, 2.45) is 0 Å². The van der Waals surface area contributed by atoms with Crippen molar-refractivity contribution < 1.29 is 8.42 Å². The zero-order chi connectivity index (χ0) is 10.6. The van der Waals surface area contributed by atoms with E-state index in [1.807, 2.05) is 13.8 Å². The van der Waals surface area contributed by atoms with E-state index in [4.69, 9.17) is 0 Å². The molecule has 0 saturated heterocycles. The van der Waals surface area contributed by atoms with Gasteiger partial charge in [-0.1, -0.05) is 0 Å². The number of rotatable bonds is 0. The van der Waals surface area contributed by atoms with Gasteiger partial charge in [0.05, 0.1) is 11.2 Å². The van der Waals surface area contributed by atoms with E-state index >= 15 is 0 Å². The van der Waals surface area contributed by atoms with Crippen LogP contribution in [0.4, 0.5) is 0 Å². The standard InChI is InChI=1S/C9H12N2O2S/c1-9(2)8-7(5-4-6-10-8)14(12,13)11(9)3/h4-6H,1-3H3. The van der Waals surface area contributed by atoms with Crippen LogP contribution in [0.1, 0.15) is 19.5 Å². The predicted molar refractivity (Wildman–Crippen MR) is 52.2 cm³/mol. The van der Waals surface area contributed by atoms with E-state index in [2.05, 4.69) is 4.98 Å². The van der Waals surface area contributed by atoms with Crippen molar-refractivity contribution in [2.45, 2.75) is 24.3 Å². The molecule has 14 heavy (non-hydrogen) atoms. The first-order chi connectivity index (χ1) is 6.38. The van der Waals surface area contributed by atoms with Crippen LogP contribution < -0.4 is 0 Å². The smallest absolute Gasteiger partial charge is 0.245 e. The maximum atomic E-state index is 11.9. The average Bonchev–Trinajstić information content (AvgIpc) is 2.28. The van der Waals surface area contributed by atoms with Crippen LogP contribution in [-0.4, -0.2) is 24.8 Å². The van der Waals surface area contributed by atoms with Crippen LogP contribution in [0.15, 0.2) is 23.2 Å². The summed E-state index contributed by atoms with van der Waals surface area (Å²) >= 11 is 0.